The molecule has 8 heteroatoms. The van der Waals surface area contributed by atoms with Crippen LogP contribution in [0.5, 0.6) is 5.75 Å². The van der Waals surface area contributed by atoms with Crippen LogP contribution in [0.4, 0.5) is 5.69 Å². The Balaban J connectivity index is 1.94. The normalized spacial score (nSPS) is 13.5. The number of carboxylic acid groups (broad SMARTS) is 1. The van der Waals surface area contributed by atoms with Crippen LogP contribution in [-0.4, -0.2) is 46.0 Å². The van der Waals surface area contributed by atoms with E-state index in [-0.39, 0.29) is 30.6 Å². The Labute approximate surface area is 120 Å². The fourth-order valence-electron chi connectivity index (χ4n) is 1.87. The molecule has 1 amide bonds. The second kappa shape index (κ2) is 6.21. The summed E-state index contributed by atoms with van der Waals surface area (Å²) in [6.45, 7) is -0.702. The van der Waals surface area contributed by atoms with Gasteiger partial charge in [-0.25, -0.2) is 0 Å². The lowest BCUT2D eigenvalue weighted by Crippen LogP contribution is -2.40. The number of nitro groups is 1. The number of rotatable bonds is 7. The molecule has 8 nitrogen and oxygen atoms in total. The molecule has 1 fully saturated rings. The summed E-state index contributed by atoms with van der Waals surface area (Å²) in [6, 6.07) is 5.44. The first-order valence-corrected chi connectivity index (χ1v) is 6.36. The van der Waals surface area contributed by atoms with Crippen LogP contribution in [0.25, 0.3) is 0 Å². The van der Waals surface area contributed by atoms with E-state index in [1.165, 1.54) is 29.2 Å². The lowest BCUT2D eigenvalue weighted by molar-refractivity contribution is -0.384. The number of nitrogens with zero attached hydrogens (tertiary/aromatic N) is 2. The molecule has 2 rings (SSSR count). The van der Waals surface area contributed by atoms with Gasteiger partial charge in [0.2, 0.25) is 0 Å². The van der Waals surface area contributed by atoms with Crippen LogP contribution < -0.4 is 4.74 Å². The first kappa shape index (κ1) is 14.8. The molecule has 1 aromatic rings. The highest BCUT2D eigenvalue weighted by Gasteiger charge is 2.33. The Bertz CT molecular complexity index is 570. The molecular formula is C13H14N2O6. The lowest BCUT2D eigenvalue weighted by atomic mass is 10.3. The van der Waals surface area contributed by atoms with Gasteiger partial charge in [-0.3, -0.25) is 19.7 Å². The molecule has 1 saturated carbocycles. The molecule has 0 aromatic heterocycles. The van der Waals surface area contributed by atoms with Gasteiger partial charge in [-0.05, 0) is 18.9 Å². The molecule has 1 aliphatic rings. The summed E-state index contributed by atoms with van der Waals surface area (Å²) in [6.07, 6.45) is 1.58. The average Bonchev–Trinajstić information content (AvgIpc) is 3.26. The van der Waals surface area contributed by atoms with Crippen molar-refractivity contribution in [1.82, 2.24) is 4.90 Å². The number of carbonyl (C=O) groups excluding carboxylic acids is 1. The Morgan fingerprint density at radius 3 is 2.71 bits per heavy atom. The first-order chi connectivity index (χ1) is 9.97. The zero-order chi connectivity index (χ0) is 15.4. The van der Waals surface area contributed by atoms with E-state index in [2.05, 4.69) is 0 Å². The van der Waals surface area contributed by atoms with Crippen molar-refractivity contribution in [3.8, 4) is 5.75 Å². The van der Waals surface area contributed by atoms with Crippen molar-refractivity contribution in [3.05, 3.63) is 34.4 Å². The third-order valence-corrected chi connectivity index (χ3v) is 3.00. The highest BCUT2D eigenvalue weighted by atomic mass is 16.6. The summed E-state index contributed by atoms with van der Waals surface area (Å²) < 4.78 is 5.21. The number of amides is 1. The van der Waals surface area contributed by atoms with Crippen molar-refractivity contribution in [2.75, 3.05) is 13.2 Å². The summed E-state index contributed by atoms with van der Waals surface area (Å²) in [7, 11) is 0. The van der Waals surface area contributed by atoms with Crippen LogP contribution in [-0.2, 0) is 9.59 Å². The molecule has 0 bridgehead atoms. The molecule has 1 aromatic carbocycles. The maximum absolute atomic E-state index is 12.0. The number of carbonyl (C=O) groups is 2. The average molecular weight is 294 g/mol. The monoisotopic (exact) mass is 294 g/mol. The Kier molecular flexibility index (Phi) is 4.36. The molecule has 1 N–H and O–H groups in total. The van der Waals surface area contributed by atoms with Crippen molar-refractivity contribution >= 4 is 17.6 Å². The van der Waals surface area contributed by atoms with E-state index < -0.39 is 16.8 Å². The van der Waals surface area contributed by atoms with Crippen molar-refractivity contribution < 1.29 is 24.4 Å². The second-order valence-electron chi connectivity index (χ2n) is 4.69. The van der Waals surface area contributed by atoms with E-state index in [1.807, 2.05) is 0 Å². The predicted molar refractivity (Wildman–Crippen MR) is 71.0 cm³/mol. The van der Waals surface area contributed by atoms with Gasteiger partial charge in [0, 0.05) is 12.1 Å². The van der Waals surface area contributed by atoms with Gasteiger partial charge in [0.1, 0.15) is 12.3 Å². The number of ether oxygens (including phenoxy) is 1. The number of carboxylic acids is 1. The number of hydrogen-bond acceptors (Lipinski definition) is 5. The Morgan fingerprint density at radius 1 is 1.43 bits per heavy atom. The molecule has 0 heterocycles. The minimum Gasteiger partial charge on any atom is -0.484 e. The molecule has 1 aliphatic carbocycles. The summed E-state index contributed by atoms with van der Waals surface area (Å²) in [5, 5.41) is 19.4. The molecule has 0 saturated heterocycles. The quantitative estimate of drug-likeness (QED) is 0.594. The summed E-state index contributed by atoms with van der Waals surface area (Å²) >= 11 is 0. The van der Waals surface area contributed by atoms with E-state index in [9.17, 15) is 19.7 Å². The fourth-order valence-corrected chi connectivity index (χ4v) is 1.87. The lowest BCUT2D eigenvalue weighted by Gasteiger charge is -2.20. The van der Waals surface area contributed by atoms with E-state index in [0.29, 0.717) is 0 Å². The van der Waals surface area contributed by atoms with Crippen LogP contribution >= 0.6 is 0 Å². The molecular weight excluding hydrogens is 280 g/mol. The first-order valence-electron chi connectivity index (χ1n) is 6.36. The number of benzene rings is 1. The molecule has 0 atom stereocenters. The van der Waals surface area contributed by atoms with Gasteiger partial charge in [-0.15, -0.1) is 0 Å². The van der Waals surface area contributed by atoms with Crippen LogP contribution in [0, 0.1) is 10.1 Å². The molecule has 112 valence electrons. The van der Waals surface area contributed by atoms with Gasteiger partial charge < -0.3 is 14.7 Å². The standard InChI is InChI=1S/C13H14N2O6/c16-12(14(7-13(17)18)9-4-5-9)8-21-11-3-1-2-10(6-11)15(19)20/h1-3,6,9H,4-5,7-8H2,(H,17,18). The predicted octanol–water partition coefficient (Wildman–Crippen LogP) is 1.05. The van der Waals surface area contributed by atoms with Gasteiger partial charge >= 0.3 is 5.97 Å². The van der Waals surface area contributed by atoms with Gasteiger partial charge in [0.15, 0.2) is 6.61 Å². The second-order valence-corrected chi connectivity index (χ2v) is 4.69. The number of non-ortho nitro benzene ring substituents is 1. The van der Waals surface area contributed by atoms with Crippen LogP contribution in [0.2, 0.25) is 0 Å². The van der Waals surface area contributed by atoms with Crippen molar-refractivity contribution in [2.24, 2.45) is 0 Å². The van der Waals surface area contributed by atoms with Gasteiger partial charge in [0.05, 0.1) is 11.0 Å². The largest absolute Gasteiger partial charge is 0.484 e. The molecule has 0 spiro atoms. The molecule has 0 radical (unpaired) electrons. The third kappa shape index (κ3) is 4.16. The van der Waals surface area contributed by atoms with Crippen molar-refractivity contribution in [1.29, 1.82) is 0 Å². The number of nitro benzene ring substituents is 1. The van der Waals surface area contributed by atoms with E-state index in [0.717, 1.165) is 12.8 Å². The Morgan fingerprint density at radius 2 is 2.14 bits per heavy atom. The van der Waals surface area contributed by atoms with E-state index >= 15 is 0 Å². The number of aliphatic carboxylic acids is 1. The maximum Gasteiger partial charge on any atom is 0.323 e. The summed E-state index contributed by atoms with van der Waals surface area (Å²) in [5.41, 5.74) is -0.135. The third-order valence-electron chi connectivity index (χ3n) is 3.00. The zero-order valence-corrected chi connectivity index (χ0v) is 11.1. The van der Waals surface area contributed by atoms with Crippen LogP contribution in [0.3, 0.4) is 0 Å². The Hall–Kier alpha value is -2.64. The minimum atomic E-state index is -1.08. The van der Waals surface area contributed by atoms with E-state index in [4.69, 9.17) is 9.84 Å². The summed E-state index contributed by atoms with van der Waals surface area (Å²) in [5.74, 6) is -1.32. The minimum absolute atomic E-state index is 0.0395. The highest BCUT2D eigenvalue weighted by Crippen LogP contribution is 2.27. The van der Waals surface area contributed by atoms with Crippen LogP contribution in [0.15, 0.2) is 24.3 Å². The molecule has 0 aliphatic heterocycles. The topological polar surface area (TPSA) is 110 Å². The molecule has 0 unspecified atom stereocenters. The van der Waals surface area contributed by atoms with E-state index in [1.54, 1.807) is 0 Å². The van der Waals surface area contributed by atoms with Crippen molar-refractivity contribution in [3.63, 3.8) is 0 Å². The van der Waals surface area contributed by atoms with Gasteiger partial charge in [0.25, 0.3) is 11.6 Å². The smallest absolute Gasteiger partial charge is 0.323 e. The summed E-state index contributed by atoms with van der Waals surface area (Å²) in [4.78, 5) is 34.0. The zero-order valence-electron chi connectivity index (χ0n) is 11.1. The number of hydrogen-bond donors (Lipinski definition) is 1. The molecule has 21 heavy (non-hydrogen) atoms. The SMILES string of the molecule is O=C(O)CN(C(=O)COc1cccc([N+](=O)[O-])c1)C1CC1. The highest BCUT2D eigenvalue weighted by molar-refractivity contribution is 5.83. The van der Waals surface area contributed by atoms with Crippen LogP contribution in [0.1, 0.15) is 12.8 Å². The van der Waals surface area contributed by atoms with Crippen molar-refractivity contribution in [2.45, 2.75) is 18.9 Å². The fraction of sp³-hybridized carbons (Fsp3) is 0.385. The van der Waals surface area contributed by atoms with Gasteiger partial charge in [-0.1, -0.05) is 6.07 Å². The maximum atomic E-state index is 12.0. The van der Waals surface area contributed by atoms with Gasteiger partial charge in [-0.2, -0.15) is 0 Å².